The molecule has 2 aromatic heterocycles. The standard InChI is InChI=1S/C18H25N3S.C16H22FNO2/c1-3-16-18(15-7-11-21(4-2)12-8-15)22-17(20-16)13-14-5-9-19-10-6-14;1-16(2,3)14(15(19)20)18-8-7-12(10-18)11-5-4-6-13(17)9-11/h5-6,9-10,15H,3-4,7-8,11-13H2,1-2H3;4-6,9,12,14H,7-8,10H2,1-3H3,(H,19,20). The molecule has 1 N–H and O–H groups in total. The maximum Gasteiger partial charge on any atom is 0.321 e. The molecule has 8 heteroatoms. The monoisotopic (exact) mass is 594 g/mol. The van der Waals surface area contributed by atoms with Gasteiger partial charge < -0.3 is 10.0 Å². The molecule has 228 valence electrons. The molecule has 0 saturated carbocycles. The zero-order chi connectivity index (χ0) is 30.3. The maximum absolute atomic E-state index is 13.3. The highest BCUT2D eigenvalue weighted by Gasteiger charge is 2.40. The van der Waals surface area contributed by atoms with Crippen LogP contribution in [0.15, 0.2) is 48.8 Å². The third kappa shape index (κ3) is 8.45. The average molecular weight is 595 g/mol. The van der Waals surface area contributed by atoms with Gasteiger partial charge in [-0.05, 0) is 105 Å². The van der Waals surface area contributed by atoms with Gasteiger partial charge in [-0.2, -0.15) is 0 Å². The summed E-state index contributed by atoms with van der Waals surface area (Å²) in [6.45, 7) is 15.4. The van der Waals surface area contributed by atoms with Crippen molar-refractivity contribution in [2.75, 3.05) is 32.7 Å². The average Bonchev–Trinajstić information content (AvgIpc) is 3.60. The van der Waals surface area contributed by atoms with Gasteiger partial charge in [0, 0.05) is 30.2 Å². The fourth-order valence-electron chi connectivity index (χ4n) is 6.38. The Morgan fingerprint density at radius 2 is 1.76 bits per heavy atom. The molecule has 6 nitrogen and oxygen atoms in total. The molecular weight excluding hydrogens is 547 g/mol. The number of carboxylic acid groups (broad SMARTS) is 1. The molecule has 0 radical (unpaired) electrons. The Bertz CT molecular complexity index is 1280. The number of benzene rings is 1. The van der Waals surface area contributed by atoms with E-state index < -0.39 is 12.0 Å². The van der Waals surface area contributed by atoms with Crippen LogP contribution in [0, 0.1) is 11.2 Å². The predicted octanol–water partition coefficient (Wildman–Crippen LogP) is 7.00. The van der Waals surface area contributed by atoms with Gasteiger partial charge in [0.05, 0.1) is 10.7 Å². The fourth-order valence-corrected chi connectivity index (χ4v) is 7.74. The van der Waals surface area contributed by atoms with Gasteiger partial charge in [-0.25, -0.2) is 9.37 Å². The Labute approximate surface area is 255 Å². The zero-order valence-electron chi connectivity index (χ0n) is 25.9. The Morgan fingerprint density at radius 1 is 1.07 bits per heavy atom. The number of halogens is 1. The van der Waals surface area contributed by atoms with Gasteiger partial charge in [-0.15, -0.1) is 11.3 Å². The molecule has 4 heterocycles. The van der Waals surface area contributed by atoms with E-state index in [1.165, 1.54) is 54.8 Å². The van der Waals surface area contributed by atoms with E-state index >= 15 is 0 Å². The molecule has 2 aliphatic rings. The third-order valence-corrected chi connectivity index (χ3v) is 9.84. The van der Waals surface area contributed by atoms with Crippen molar-refractivity contribution in [3.05, 3.63) is 81.3 Å². The molecule has 0 amide bonds. The van der Waals surface area contributed by atoms with Crippen LogP contribution in [-0.4, -0.2) is 69.6 Å². The number of aromatic nitrogens is 2. The van der Waals surface area contributed by atoms with Crippen LogP contribution in [0.4, 0.5) is 4.39 Å². The number of aliphatic carboxylic acids is 1. The summed E-state index contributed by atoms with van der Waals surface area (Å²) in [4.78, 5) is 26.7. The number of carbonyl (C=O) groups is 1. The SMILES string of the molecule is CC(C)(C)C(C(=O)O)N1CCC(c2cccc(F)c2)C1.CCc1nc(Cc2ccncc2)sc1C1CCN(CC)CC1. The van der Waals surface area contributed by atoms with Crippen molar-refractivity contribution in [2.45, 2.75) is 84.6 Å². The number of nitrogens with zero attached hydrogens (tertiary/aromatic N) is 4. The lowest BCUT2D eigenvalue weighted by Crippen LogP contribution is -2.48. The Hall–Kier alpha value is -2.68. The van der Waals surface area contributed by atoms with E-state index in [1.807, 2.05) is 55.5 Å². The summed E-state index contributed by atoms with van der Waals surface area (Å²) in [7, 11) is 0. The minimum atomic E-state index is -0.780. The molecule has 2 aliphatic heterocycles. The zero-order valence-corrected chi connectivity index (χ0v) is 26.7. The number of piperidine rings is 1. The first-order valence-corrected chi connectivity index (χ1v) is 16.2. The predicted molar refractivity (Wildman–Crippen MR) is 169 cm³/mol. The lowest BCUT2D eigenvalue weighted by Gasteiger charge is -2.34. The van der Waals surface area contributed by atoms with Gasteiger partial charge in [0.15, 0.2) is 0 Å². The number of pyridine rings is 1. The molecule has 0 bridgehead atoms. The number of likely N-dealkylation sites (tertiary alicyclic amines) is 2. The number of hydrogen-bond acceptors (Lipinski definition) is 6. The second-order valence-corrected chi connectivity index (χ2v) is 13.8. The molecule has 42 heavy (non-hydrogen) atoms. The molecule has 5 rings (SSSR count). The normalized spacial score (nSPS) is 19.3. The van der Waals surface area contributed by atoms with E-state index in [9.17, 15) is 14.3 Å². The first-order chi connectivity index (χ1) is 20.1. The second-order valence-electron chi connectivity index (χ2n) is 12.7. The minimum absolute atomic E-state index is 0.217. The number of thiazole rings is 1. The van der Waals surface area contributed by atoms with Crippen LogP contribution in [0.5, 0.6) is 0 Å². The first kappa shape index (κ1) is 32.2. The van der Waals surface area contributed by atoms with Crippen molar-refractivity contribution in [3.63, 3.8) is 0 Å². The van der Waals surface area contributed by atoms with Crippen molar-refractivity contribution >= 4 is 17.3 Å². The van der Waals surface area contributed by atoms with Gasteiger partial charge in [-0.1, -0.05) is 46.8 Å². The number of hydrogen-bond donors (Lipinski definition) is 1. The summed E-state index contributed by atoms with van der Waals surface area (Å²) in [6.07, 6.45) is 9.18. The van der Waals surface area contributed by atoms with Crippen molar-refractivity contribution < 1.29 is 14.3 Å². The summed E-state index contributed by atoms with van der Waals surface area (Å²) < 4.78 is 13.3. The number of rotatable bonds is 8. The summed E-state index contributed by atoms with van der Waals surface area (Å²) in [5, 5.41) is 10.7. The lowest BCUT2D eigenvalue weighted by atomic mass is 9.85. The highest BCUT2D eigenvalue weighted by molar-refractivity contribution is 7.11. The molecule has 0 aliphatic carbocycles. The first-order valence-electron chi connectivity index (χ1n) is 15.4. The highest BCUT2D eigenvalue weighted by Crippen LogP contribution is 2.36. The van der Waals surface area contributed by atoms with E-state index in [0.29, 0.717) is 6.54 Å². The van der Waals surface area contributed by atoms with Crippen molar-refractivity contribution in [3.8, 4) is 0 Å². The second kappa shape index (κ2) is 14.7. The molecule has 2 unspecified atom stereocenters. The van der Waals surface area contributed by atoms with Gasteiger partial charge in [0.25, 0.3) is 0 Å². The van der Waals surface area contributed by atoms with Crippen LogP contribution in [-0.2, 0) is 17.6 Å². The molecule has 2 saturated heterocycles. The number of carboxylic acids is 1. The maximum atomic E-state index is 13.3. The molecule has 3 aromatic rings. The third-order valence-electron chi connectivity index (χ3n) is 8.58. The van der Waals surface area contributed by atoms with Gasteiger partial charge in [0.2, 0.25) is 0 Å². The van der Waals surface area contributed by atoms with Crippen LogP contribution in [0.3, 0.4) is 0 Å². The van der Waals surface area contributed by atoms with Crippen LogP contribution >= 0.6 is 11.3 Å². The molecule has 1 aromatic carbocycles. The smallest absolute Gasteiger partial charge is 0.321 e. The Kier molecular flexibility index (Phi) is 11.3. The molecule has 0 spiro atoms. The fraction of sp³-hybridized carbons (Fsp3) is 0.559. The summed E-state index contributed by atoms with van der Waals surface area (Å²) >= 11 is 1.94. The van der Waals surface area contributed by atoms with E-state index in [1.54, 1.807) is 17.0 Å². The molecular formula is C34H47FN4O2S. The topological polar surface area (TPSA) is 69.6 Å². The number of aryl methyl sites for hydroxylation is 1. The Morgan fingerprint density at radius 3 is 2.36 bits per heavy atom. The summed E-state index contributed by atoms with van der Waals surface area (Å²) in [5.41, 5.74) is 3.29. The highest BCUT2D eigenvalue weighted by atomic mass is 32.1. The minimum Gasteiger partial charge on any atom is -0.480 e. The van der Waals surface area contributed by atoms with Crippen LogP contribution < -0.4 is 0 Å². The summed E-state index contributed by atoms with van der Waals surface area (Å²) in [5.74, 6) is -0.0692. The molecule has 2 atom stereocenters. The lowest BCUT2D eigenvalue weighted by molar-refractivity contribution is -0.147. The van der Waals surface area contributed by atoms with E-state index in [-0.39, 0.29) is 17.2 Å². The van der Waals surface area contributed by atoms with Crippen LogP contribution in [0.25, 0.3) is 0 Å². The Balaban J connectivity index is 0.000000194. The van der Waals surface area contributed by atoms with Gasteiger partial charge in [0.1, 0.15) is 11.9 Å². The van der Waals surface area contributed by atoms with Gasteiger partial charge in [-0.3, -0.25) is 14.7 Å². The van der Waals surface area contributed by atoms with Crippen LogP contribution in [0.2, 0.25) is 0 Å². The van der Waals surface area contributed by atoms with E-state index in [4.69, 9.17) is 4.98 Å². The van der Waals surface area contributed by atoms with Crippen LogP contribution in [0.1, 0.15) is 92.4 Å². The van der Waals surface area contributed by atoms with E-state index in [0.717, 1.165) is 37.3 Å². The van der Waals surface area contributed by atoms with Gasteiger partial charge >= 0.3 is 5.97 Å². The largest absolute Gasteiger partial charge is 0.480 e. The quantitative estimate of drug-likeness (QED) is 0.303. The summed E-state index contributed by atoms with van der Waals surface area (Å²) in [6, 6.07) is 10.3. The van der Waals surface area contributed by atoms with Crippen molar-refractivity contribution in [1.82, 2.24) is 19.8 Å². The van der Waals surface area contributed by atoms with E-state index in [2.05, 4.69) is 35.9 Å². The van der Waals surface area contributed by atoms with Crippen molar-refractivity contribution in [1.29, 1.82) is 0 Å². The molecule has 2 fully saturated rings. The van der Waals surface area contributed by atoms with Crippen molar-refractivity contribution in [2.24, 2.45) is 5.41 Å².